The second kappa shape index (κ2) is 5.72. The molecule has 0 unspecified atom stereocenters. The van der Waals surface area contributed by atoms with Gasteiger partial charge in [0.1, 0.15) is 17.3 Å². The second-order valence-corrected chi connectivity index (χ2v) is 4.49. The summed E-state index contributed by atoms with van der Waals surface area (Å²) in [4.78, 5) is 10.5. The van der Waals surface area contributed by atoms with Crippen molar-refractivity contribution in [3.05, 3.63) is 50.8 Å². The molecule has 1 aromatic carbocycles. The first kappa shape index (κ1) is 14.0. The van der Waals surface area contributed by atoms with Crippen LogP contribution in [0, 0.1) is 21.4 Å². The lowest BCUT2D eigenvalue weighted by atomic mass is 10.2. The Bertz CT molecular complexity index is 703. The van der Waals surface area contributed by atoms with Crippen molar-refractivity contribution in [2.45, 2.75) is 19.8 Å². The normalized spacial score (nSPS) is 10.2. The fourth-order valence-electron chi connectivity index (χ4n) is 1.92. The maximum atomic E-state index is 11.0. The zero-order chi connectivity index (χ0) is 14.7. The molecule has 0 fully saturated rings. The summed E-state index contributed by atoms with van der Waals surface area (Å²) in [5.41, 5.74) is 0.968. The van der Waals surface area contributed by atoms with E-state index in [0.717, 1.165) is 6.42 Å². The highest BCUT2D eigenvalue weighted by atomic mass is 35.5. The molecule has 0 radical (unpaired) electrons. The van der Waals surface area contributed by atoms with Crippen LogP contribution in [0.2, 0.25) is 5.15 Å². The number of halogens is 1. The molecule has 0 bridgehead atoms. The molecule has 0 aliphatic carbocycles. The Morgan fingerprint density at radius 3 is 2.80 bits per heavy atom. The molecule has 2 aromatic rings. The van der Waals surface area contributed by atoms with Gasteiger partial charge in [-0.25, -0.2) is 4.68 Å². The smallest absolute Gasteiger partial charge is 0.258 e. The lowest BCUT2D eigenvalue weighted by Crippen LogP contribution is -2.02. The number of hydrogen-bond donors (Lipinski definition) is 0. The van der Waals surface area contributed by atoms with Crippen LogP contribution in [0.5, 0.6) is 0 Å². The molecule has 6 nitrogen and oxygen atoms in total. The van der Waals surface area contributed by atoms with Gasteiger partial charge in [0.05, 0.1) is 10.6 Å². The van der Waals surface area contributed by atoms with Gasteiger partial charge in [-0.3, -0.25) is 10.1 Å². The first-order valence-corrected chi connectivity index (χ1v) is 6.39. The molecular formula is C13H11ClN4O2. The van der Waals surface area contributed by atoms with Crippen molar-refractivity contribution >= 4 is 17.3 Å². The van der Waals surface area contributed by atoms with Crippen LogP contribution < -0.4 is 0 Å². The van der Waals surface area contributed by atoms with Gasteiger partial charge in [-0.05, 0) is 12.5 Å². The largest absolute Gasteiger partial charge is 0.294 e. The molecule has 0 saturated heterocycles. The Kier molecular flexibility index (Phi) is 4.01. The van der Waals surface area contributed by atoms with Crippen molar-refractivity contribution < 1.29 is 4.92 Å². The predicted molar refractivity (Wildman–Crippen MR) is 73.9 cm³/mol. The first-order valence-electron chi connectivity index (χ1n) is 6.01. The number of aryl methyl sites for hydroxylation is 1. The van der Waals surface area contributed by atoms with Crippen LogP contribution in [0.1, 0.15) is 24.6 Å². The number of benzene rings is 1. The third-order valence-corrected chi connectivity index (χ3v) is 3.16. The number of hydrogen-bond acceptors (Lipinski definition) is 4. The van der Waals surface area contributed by atoms with Crippen LogP contribution in [-0.2, 0) is 6.42 Å². The van der Waals surface area contributed by atoms with E-state index >= 15 is 0 Å². The molecule has 1 aromatic heterocycles. The highest BCUT2D eigenvalue weighted by molar-refractivity contribution is 6.31. The van der Waals surface area contributed by atoms with Crippen LogP contribution in [0.25, 0.3) is 5.69 Å². The van der Waals surface area contributed by atoms with Crippen LogP contribution in [0.15, 0.2) is 24.3 Å². The fraction of sp³-hybridized carbons (Fsp3) is 0.231. The Labute approximate surface area is 120 Å². The van der Waals surface area contributed by atoms with Crippen LogP contribution in [0.4, 0.5) is 5.69 Å². The topological polar surface area (TPSA) is 84.8 Å². The monoisotopic (exact) mass is 290 g/mol. The molecule has 0 spiro atoms. The number of nitriles is 1. The first-order chi connectivity index (χ1) is 9.60. The zero-order valence-corrected chi connectivity index (χ0v) is 11.5. The summed E-state index contributed by atoms with van der Waals surface area (Å²) in [6.07, 6.45) is 1.40. The highest BCUT2D eigenvalue weighted by Crippen LogP contribution is 2.28. The van der Waals surface area contributed by atoms with Gasteiger partial charge in [-0.15, -0.1) is 0 Å². The Balaban J connectivity index is 2.66. The van der Waals surface area contributed by atoms with Crippen molar-refractivity contribution in [2.24, 2.45) is 0 Å². The number of nitrogens with zero attached hydrogens (tertiary/aromatic N) is 4. The summed E-state index contributed by atoms with van der Waals surface area (Å²) in [5, 5.41) is 24.5. The SMILES string of the molecule is CCCc1nn(-c2ccccc2[N+](=O)[O-])c(Cl)c1C#N. The van der Waals surface area contributed by atoms with E-state index in [-0.39, 0.29) is 22.1 Å². The Morgan fingerprint density at radius 1 is 1.50 bits per heavy atom. The average Bonchev–Trinajstić information content (AvgIpc) is 2.75. The number of para-hydroxylation sites is 2. The van der Waals surface area contributed by atoms with Crippen LogP contribution in [0.3, 0.4) is 0 Å². The summed E-state index contributed by atoms with van der Waals surface area (Å²) in [7, 11) is 0. The molecule has 0 aliphatic rings. The molecule has 102 valence electrons. The summed E-state index contributed by atoms with van der Waals surface area (Å²) in [6, 6.07) is 8.15. The molecular weight excluding hydrogens is 280 g/mol. The van der Waals surface area contributed by atoms with Gasteiger partial charge in [0.25, 0.3) is 5.69 Å². The van der Waals surface area contributed by atoms with E-state index in [1.54, 1.807) is 18.2 Å². The highest BCUT2D eigenvalue weighted by Gasteiger charge is 2.22. The van der Waals surface area contributed by atoms with E-state index in [4.69, 9.17) is 16.9 Å². The van der Waals surface area contributed by atoms with Gasteiger partial charge < -0.3 is 0 Å². The van der Waals surface area contributed by atoms with Gasteiger partial charge in [0.2, 0.25) is 0 Å². The lowest BCUT2D eigenvalue weighted by Gasteiger charge is -2.03. The molecule has 0 saturated carbocycles. The van der Waals surface area contributed by atoms with Crippen molar-refractivity contribution in [2.75, 3.05) is 0 Å². The maximum Gasteiger partial charge on any atom is 0.294 e. The number of rotatable bonds is 4. The average molecular weight is 291 g/mol. The van der Waals surface area contributed by atoms with Crippen molar-refractivity contribution in [3.63, 3.8) is 0 Å². The summed E-state index contributed by atoms with van der Waals surface area (Å²) < 4.78 is 1.25. The predicted octanol–water partition coefficient (Wildman–Crippen LogP) is 3.26. The van der Waals surface area contributed by atoms with Crippen molar-refractivity contribution in [1.82, 2.24) is 9.78 Å². The molecule has 2 rings (SSSR count). The zero-order valence-electron chi connectivity index (χ0n) is 10.7. The van der Waals surface area contributed by atoms with Gasteiger partial charge in [0, 0.05) is 6.07 Å². The standard InChI is InChI=1S/C13H11ClN4O2/c1-2-5-10-9(8-15)13(14)17(16-10)11-6-3-4-7-12(11)18(19)20/h3-4,6-7H,2,5H2,1H3. The van der Waals surface area contributed by atoms with Gasteiger partial charge in [-0.2, -0.15) is 10.4 Å². The lowest BCUT2D eigenvalue weighted by molar-refractivity contribution is -0.384. The van der Waals surface area contributed by atoms with E-state index < -0.39 is 4.92 Å². The minimum absolute atomic E-state index is 0.102. The molecule has 0 atom stereocenters. The van der Waals surface area contributed by atoms with Crippen LogP contribution in [-0.4, -0.2) is 14.7 Å². The summed E-state index contributed by atoms with van der Waals surface area (Å²) in [5.74, 6) is 0. The van der Waals surface area contributed by atoms with Gasteiger partial charge in [0.15, 0.2) is 5.15 Å². The number of aromatic nitrogens is 2. The Hall–Kier alpha value is -2.39. The minimum Gasteiger partial charge on any atom is -0.258 e. The second-order valence-electron chi connectivity index (χ2n) is 4.13. The van der Waals surface area contributed by atoms with E-state index in [1.165, 1.54) is 10.7 Å². The molecule has 0 N–H and O–H groups in total. The quantitative estimate of drug-likeness (QED) is 0.639. The van der Waals surface area contributed by atoms with E-state index in [0.29, 0.717) is 12.1 Å². The fourth-order valence-corrected chi connectivity index (χ4v) is 2.20. The molecule has 20 heavy (non-hydrogen) atoms. The van der Waals surface area contributed by atoms with E-state index in [2.05, 4.69) is 5.10 Å². The molecule has 1 heterocycles. The van der Waals surface area contributed by atoms with Gasteiger partial charge in [-0.1, -0.05) is 37.1 Å². The van der Waals surface area contributed by atoms with E-state index in [9.17, 15) is 10.1 Å². The van der Waals surface area contributed by atoms with Crippen molar-refractivity contribution in [3.8, 4) is 11.8 Å². The minimum atomic E-state index is -0.501. The summed E-state index contributed by atoms with van der Waals surface area (Å²) in [6.45, 7) is 1.96. The molecule has 0 amide bonds. The number of nitro groups is 1. The van der Waals surface area contributed by atoms with Crippen LogP contribution >= 0.6 is 11.6 Å². The maximum absolute atomic E-state index is 11.0. The van der Waals surface area contributed by atoms with Crippen molar-refractivity contribution in [1.29, 1.82) is 5.26 Å². The Morgan fingerprint density at radius 2 is 2.20 bits per heavy atom. The third kappa shape index (κ3) is 2.36. The molecule has 0 aliphatic heterocycles. The van der Waals surface area contributed by atoms with Gasteiger partial charge >= 0.3 is 0 Å². The number of nitro benzene ring substituents is 1. The molecule has 7 heteroatoms. The van der Waals surface area contributed by atoms with E-state index in [1.807, 2.05) is 13.0 Å². The summed E-state index contributed by atoms with van der Waals surface area (Å²) >= 11 is 6.13. The third-order valence-electron chi connectivity index (χ3n) is 2.81.